The van der Waals surface area contributed by atoms with Gasteiger partial charge in [-0.2, -0.15) is 0 Å². The number of nitrogens with one attached hydrogen (secondary N) is 2. The van der Waals surface area contributed by atoms with Crippen molar-refractivity contribution in [1.29, 1.82) is 0 Å². The Morgan fingerprint density at radius 1 is 1.32 bits per heavy atom. The summed E-state index contributed by atoms with van der Waals surface area (Å²) in [6, 6.07) is 0.654. The minimum absolute atomic E-state index is 0.108. The third-order valence-corrected chi connectivity index (χ3v) is 6.32. The summed E-state index contributed by atoms with van der Waals surface area (Å²) in [6.07, 6.45) is 8.37. The molecule has 1 amide bonds. The number of hydrogen-bond acceptors (Lipinski definition) is 3. The van der Waals surface area contributed by atoms with Crippen LogP contribution in [-0.4, -0.2) is 30.6 Å². The van der Waals surface area contributed by atoms with E-state index in [2.05, 4.69) is 10.6 Å². The van der Waals surface area contributed by atoms with Gasteiger partial charge in [-0.3, -0.25) is 4.79 Å². The van der Waals surface area contributed by atoms with Crippen LogP contribution in [0.25, 0.3) is 0 Å². The molecule has 2 heterocycles. The molecule has 5 rings (SSSR count). The molecule has 3 saturated carbocycles. The molecule has 4 heteroatoms. The first-order valence-corrected chi connectivity index (χ1v) is 7.91. The van der Waals surface area contributed by atoms with Gasteiger partial charge in [0.2, 0.25) is 5.91 Å². The van der Waals surface area contributed by atoms with Gasteiger partial charge >= 0.3 is 0 Å². The first-order valence-electron chi connectivity index (χ1n) is 7.91. The van der Waals surface area contributed by atoms with Gasteiger partial charge in [-0.1, -0.05) is 12.8 Å². The van der Waals surface area contributed by atoms with E-state index in [1.165, 1.54) is 32.1 Å². The second kappa shape index (κ2) is 3.95. The van der Waals surface area contributed by atoms with Gasteiger partial charge in [0.15, 0.2) is 0 Å². The number of carbonyl (C=O) groups excluding carboxylic acids is 1. The number of nitrogens with two attached hydrogens (primary N) is 1. The van der Waals surface area contributed by atoms with Gasteiger partial charge < -0.3 is 16.4 Å². The zero-order valence-electron chi connectivity index (χ0n) is 11.6. The molecule has 5 aliphatic rings. The fraction of sp³-hybridized carbons (Fsp3) is 0.933. The van der Waals surface area contributed by atoms with Crippen LogP contribution >= 0.6 is 0 Å². The highest BCUT2D eigenvalue weighted by Crippen LogP contribution is 2.57. The molecule has 19 heavy (non-hydrogen) atoms. The molecule has 106 valence electrons. The molecule has 0 aromatic carbocycles. The Bertz CT molecular complexity index is 380. The van der Waals surface area contributed by atoms with E-state index < -0.39 is 5.54 Å². The number of fused-ring (bicyclic) bond motifs is 1. The summed E-state index contributed by atoms with van der Waals surface area (Å²) in [5.41, 5.74) is 6.18. The van der Waals surface area contributed by atoms with Crippen LogP contribution in [0.1, 0.15) is 44.9 Å². The highest BCUT2D eigenvalue weighted by molar-refractivity contribution is 5.87. The lowest BCUT2D eigenvalue weighted by Gasteiger charge is -2.52. The number of hydrogen-bond donors (Lipinski definition) is 3. The molecule has 2 saturated heterocycles. The third kappa shape index (κ3) is 1.76. The van der Waals surface area contributed by atoms with Gasteiger partial charge in [0, 0.05) is 12.6 Å². The Labute approximate surface area is 114 Å². The van der Waals surface area contributed by atoms with Crippen molar-refractivity contribution in [3.05, 3.63) is 0 Å². The van der Waals surface area contributed by atoms with Crippen molar-refractivity contribution in [2.24, 2.45) is 23.0 Å². The molecular formula is C15H25N3O. The summed E-state index contributed by atoms with van der Waals surface area (Å²) in [6.45, 7) is 1.97. The lowest BCUT2D eigenvalue weighted by molar-refractivity contribution is -0.135. The largest absolute Gasteiger partial charge is 0.354 e. The summed E-state index contributed by atoms with van der Waals surface area (Å²) in [4.78, 5) is 12.3. The maximum atomic E-state index is 12.3. The lowest BCUT2D eigenvalue weighted by Crippen LogP contribution is -2.66. The van der Waals surface area contributed by atoms with Crippen LogP contribution in [-0.2, 0) is 4.79 Å². The van der Waals surface area contributed by atoms with Crippen LogP contribution in [0.5, 0.6) is 0 Å². The van der Waals surface area contributed by atoms with Crippen molar-refractivity contribution in [2.45, 2.75) is 56.5 Å². The fourth-order valence-corrected chi connectivity index (χ4v) is 5.20. The van der Waals surface area contributed by atoms with E-state index in [-0.39, 0.29) is 5.91 Å². The number of carbonyl (C=O) groups is 1. The Hall–Kier alpha value is -0.610. The SMILES string of the molecule is NC1(C(=O)NC[C@@H]2[C@@H]3CN[C@H]2C3)CC2(CCCC2)C1. The summed E-state index contributed by atoms with van der Waals surface area (Å²) in [5, 5.41) is 6.62. The van der Waals surface area contributed by atoms with E-state index in [0.717, 1.165) is 31.8 Å². The van der Waals surface area contributed by atoms with Crippen molar-refractivity contribution in [3.63, 3.8) is 0 Å². The van der Waals surface area contributed by atoms with E-state index in [1.54, 1.807) is 0 Å². The van der Waals surface area contributed by atoms with Gasteiger partial charge in [0.05, 0.1) is 5.54 Å². The second-order valence-corrected chi connectivity index (χ2v) is 7.60. The van der Waals surface area contributed by atoms with E-state index in [0.29, 0.717) is 17.4 Å². The van der Waals surface area contributed by atoms with Gasteiger partial charge in [-0.15, -0.1) is 0 Å². The Kier molecular flexibility index (Phi) is 2.53. The predicted octanol–water partition coefficient (Wildman–Crippen LogP) is 0.762. The highest BCUT2D eigenvalue weighted by Gasteiger charge is 2.57. The van der Waals surface area contributed by atoms with Crippen LogP contribution < -0.4 is 16.4 Å². The molecule has 0 aromatic rings. The van der Waals surface area contributed by atoms with Crippen molar-refractivity contribution in [1.82, 2.24) is 10.6 Å². The van der Waals surface area contributed by atoms with Crippen molar-refractivity contribution < 1.29 is 4.79 Å². The Morgan fingerprint density at radius 3 is 2.63 bits per heavy atom. The average Bonchev–Trinajstić information content (AvgIpc) is 3.02. The number of amides is 1. The minimum Gasteiger partial charge on any atom is -0.354 e. The van der Waals surface area contributed by atoms with E-state index in [1.807, 2.05) is 0 Å². The van der Waals surface area contributed by atoms with Crippen LogP contribution in [0.4, 0.5) is 0 Å². The minimum atomic E-state index is -0.555. The monoisotopic (exact) mass is 263 g/mol. The van der Waals surface area contributed by atoms with Crippen LogP contribution in [0, 0.1) is 17.3 Å². The molecule has 4 nitrogen and oxygen atoms in total. The van der Waals surface area contributed by atoms with Crippen molar-refractivity contribution >= 4 is 5.91 Å². The maximum Gasteiger partial charge on any atom is 0.240 e. The summed E-state index contributed by atoms with van der Waals surface area (Å²) in [7, 11) is 0. The topological polar surface area (TPSA) is 67.2 Å². The van der Waals surface area contributed by atoms with Crippen LogP contribution in [0.3, 0.4) is 0 Å². The van der Waals surface area contributed by atoms with Crippen LogP contribution in [0.15, 0.2) is 0 Å². The van der Waals surface area contributed by atoms with E-state index in [9.17, 15) is 4.79 Å². The summed E-state index contributed by atoms with van der Waals surface area (Å²) in [5.74, 6) is 1.56. The fourth-order valence-electron chi connectivity index (χ4n) is 5.20. The predicted molar refractivity (Wildman–Crippen MR) is 73.5 cm³/mol. The molecular weight excluding hydrogens is 238 g/mol. The van der Waals surface area contributed by atoms with Gasteiger partial charge in [0.1, 0.15) is 0 Å². The molecule has 2 aliphatic heterocycles. The van der Waals surface area contributed by atoms with Gasteiger partial charge in [0.25, 0.3) is 0 Å². The highest BCUT2D eigenvalue weighted by atomic mass is 16.2. The molecule has 4 N–H and O–H groups in total. The molecule has 5 fully saturated rings. The summed E-state index contributed by atoms with van der Waals surface area (Å²) >= 11 is 0. The third-order valence-electron chi connectivity index (χ3n) is 6.32. The maximum absolute atomic E-state index is 12.3. The Balaban J connectivity index is 1.29. The van der Waals surface area contributed by atoms with Gasteiger partial charge in [-0.05, 0) is 55.9 Å². The van der Waals surface area contributed by atoms with E-state index in [4.69, 9.17) is 5.73 Å². The smallest absolute Gasteiger partial charge is 0.240 e. The normalized spacial score (nSPS) is 40.8. The molecule has 3 aliphatic carbocycles. The molecule has 0 aromatic heterocycles. The Morgan fingerprint density at radius 2 is 2.05 bits per heavy atom. The van der Waals surface area contributed by atoms with Crippen molar-refractivity contribution in [3.8, 4) is 0 Å². The molecule has 0 unspecified atom stereocenters. The molecule has 2 bridgehead atoms. The molecule has 1 spiro atoms. The van der Waals surface area contributed by atoms with E-state index >= 15 is 0 Å². The zero-order valence-corrected chi connectivity index (χ0v) is 11.6. The number of rotatable bonds is 3. The molecule has 3 atom stereocenters. The average molecular weight is 263 g/mol. The molecule has 0 radical (unpaired) electrons. The van der Waals surface area contributed by atoms with Crippen LogP contribution in [0.2, 0.25) is 0 Å². The standard InChI is InChI=1S/C15H25N3O/c16-15(8-14(9-15)3-1-2-4-14)13(19)18-7-11-10-5-12(11)17-6-10/h10-12,17H,1-9,16H2,(H,18,19)/t10-,11+,12-/m0/s1. The summed E-state index contributed by atoms with van der Waals surface area (Å²) < 4.78 is 0. The quantitative estimate of drug-likeness (QED) is 0.704. The van der Waals surface area contributed by atoms with Crippen molar-refractivity contribution in [2.75, 3.05) is 13.1 Å². The first kappa shape index (κ1) is 12.2. The zero-order chi connectivity index (χ0) is 13.1. The lowest BCUT2D eigenvalue weighted by atomic mass is 9.56. The van der Waals surface area contributed by atoms with Gasteiger partial charge in [-0.25, -0.2) is 0 Å². The second-order valence-electron chi connectivity index (χ2n) is 7.60. The first-order chi connectivity index (χ1) is 9.10.